The van der Waals surface area contributed by atoms with Gasteiger partial charge >= 0.3 is 18.8 Å². The zero-order valence-corrected chi connectivity index (χ0v) is 14.1. The Bertz CT molecular complexity index is 346. The first-order chi connectivity index (χ1) is 8.73. The van der Waals surface area contributed by atoms with Gasteiger partial charge in [0.25, 0.3) is 0 Å². The van der Waals surface area contributed by atoms with E-state index in [2.05, 4.69) is 0 Å². The summed E-state index contributed by atoms with van der Waals surface area (Å²) in [6.07, 6.45) is 0.824. The molecule has 0 aliphatic rings. The van der Waals surface area contributed by atoms with Gasteiger partial charge in [0.15, 0.2) is 8.32 Å². The maximum atomic E-state index is 12.5. The highest BCUT2D eigenvalue weighted by Gasteiger charge is 2.49. The smallest absolute Gasteiger partial charge is 0.404 e. The Morgan fingerprint density at radius 1 is 1.00 bits per heavy atom. The Balaban J connectivity index is 5.23. The number of hydrogen-bond donors (Lipinski definition) is 0. The molecule has 0 saturated heterocycles. The first kappa shape index (κ1) is 18.3. The molecule has 0 saturated carbocycles. The van der Waals surface area contributed by atoms with Gasteiger partial charge in [-0.1, -0.05) is 13.3 Å². The van der Waals surface area contributed by atoms with Crippen LogP contribution in [0.1, 0.15) is 27.2 Å². The van der Waals surface area contributed by atoms with Crippen LogP contribution in [0.15, 0.2) is 0 Å². The molecular weight excluding hydrogens is 287 g/mol. The summed E-state index contributed by atoms with van der Waals surface area (Å²) < 4.78 is 27.4. The van der Waals surface area contributed by atoms with Crippen LogP contribution >= 0.6 is 7.37 Å². The average molecular weight is 310 g/mol. The first-order valence-corrected chi connectivity index (χ1v) is 11.1. The number of ether oxygens (including phenoxy) is 2. The number of carbonyl (C=O) groups excluding carboxylic acids is 2. The molecule has 0 aromatic heterocycles. The summed E-state index contributed by atoms with van der Waals surface area (Å²) in [6.45, 7) is 8.77. The zero-order chi connectivity index (χ0) is 15.1. The molecule has 0 rings (SSSR count). The van der Waals surface area contributed by atoms with Gasteiger partial charge in [0, 0.05) is 0 Å². The van der Waals surface area contributed by atoms with Gasteiger partial charge in [-0.15, -0.1) is 0 Å². The van der Waals surface area contributed by atoms with E-state index in [4.69, 9.17) is 13.7 Å². The molecule has 112 valence electrons. The van der Waals surface area contributed by atoms with Crippen LogP contribution in [-0.2, 0) is 18.3 Å². The van der Waals surface area contributed by atoms with Crippen LogP contribution in [0.2, 0.25) is 19.1 Å². The third-order valence-corrected chi connectivity index (χ3v) is 8.17. The maximum Gasteiger partial charge on any atom is 0.404 e. The minimum absolute atomic E-state index is 0.0291. The quantitative estimate of drug-likeness (QED) is 0.493. The number of rotatable bonds is 8. The van der Waals surface area contributed by atoms with Crippen molar-refractivity contribution in [2.75, 3.05) is 13.2 Å². The SMILES string of the molecule is CCC[Si](C)(C)OP(=O)(C(=O)OCC)C(=O)OCC. The van der Waals surface area contributed by atoms with Gasteiger partial charge in [-0.3, -0.25) is 4.57 Å². The second kappa shape index (κ2) is 7.82. The van der Waals surface area contributed by atoms with Crippen molar-refractivity contribution < 1.29 is 27.8 Å². The standard InChI is InChI=1S/C11H23O6PSi/c1-6-9-19(4,5)17-18(14,10(12)15-7-2)11(13)16-8-3/h6-9H2,1-5H3. The van der Waals surface area contributed by atoms with Crippen molar-refractivity contribution in [1.82, 2.24) is 0 Å². The predicted octanol–water partition coefficient (Wildman–Crippen LogP) is 4.21. The molecule has 6 nitrogen and oxygen atoms in total. The van der Waals surface area contributed by atoms with E-state index >= 15 is 0 Å². The Hall–Kier alpha value is -0.653. The van der Waals surface area contributed by atoms with Crippen molar-refractivity contribution in [1.29, 1.82) is 0 Å². The molecule has 0 aliphatic carbocycles. The molecule has 0 aliphatic heterocycles. The summed E-state index contributed by atoms with van der Waals surface area (Å²) in [5.74, 6) is 0. The van der Waals surface area contributed by atoms with Gasteiger partial charge in [-0.25, -0.2) is 9.59 Å². The van der Waals surface area contributed by atoms with Gasteiger partial charge in [-0.2, -0.15) is 0 Å². The second-order valence-electron chi connectivity index (χ2n) is 4.55. The van der Waals surface area contributed by atoms with Crippen LogP contribution in [0, 0.1) is 0 Å². The van der Waals surface area contributed by atoms with Crippen molar-refractivity contribution >= 4 is 27.1 Å². The molecule has 0 atom stereocenters. The highest BCUT2D eigenvalue weighted by molar-refractivity contribution is 7.90. The lowest BCUT2D eigenvalue weighted by atomic mass is 10.6. The molecule has 0 fully saturated rings. The maximum absolute atomic E-state index is 12.5. The second-order valence-corrected chi connectivity index (χ2v) is 11.1. The van der Waals surface area contributed by atoms with E-state index in [1.165, 1.54) is 0 Å². The third kappa shape index (κ3) is 5.46. The predicted molar refractivity (Wildman–Crippen MR) is 75.3 cm³/mol. The third-order valence-electron chi connectivity index (χ3n) is 2.24. The van der Waals surface area contributed by atoms with Crippen LogP contribution in [0.4, 0.5) is 9.59 Å². The van der Waals surface area contributed by atoms with Gasteiger partial charge in [0.05, 0.1) is 13.2 Å². The van der Waals surface area contributed by atoms with Crippen LogP contribution in [0.5, 0.6) is 0 Å². The van der Waals surface area contributed by atoms with E-state index in [0.29, 0.717) is 6.04 Å². The topological polar surface area (TPSA) is 78.9 Å². The van der Waals surface area contributed by atoms with E-state index in [1.807, 2.05) is 20.0 Å². The molecule has 0 unspecified atom stereocenters. The van der Waals surface area contributed by atoms with Crippen LogP contribution in [0.3, 0.4) is 0 Å². The van der Waals surface area contributed by atoms with E-state index in [1.54, 1.807) is 13.8 Å². The minimum atomic E-state index is -4.25. The summed E-state index contributed by atoms with van der Waals surface area (Å²) in [4.78, 5) is 23.5. The lowest BCUT2D eigenvalue weighted by Crippen LogP contribution is -2.32. The van der Waals surface area contributed by atoms with Crippen molar-refractivity contribution in [3.8, 4) is 0 Å². The minimum Gasteiger partial charge on any atom is -0.458 e. The summed E-state index contributed by atoms with van der Waals surface area (Å²) in [5, 5.41) is 0. The lowest BCUT2D eigenvalue weighted by molar-refractivity contribution is 0.164. The fraction of sp³-hybridized carbons (Fsp3) is 0.818. The summed E-state index contributed by atoms with van der Waals surface area (Å²) in [7, 11) is -6.63. The van der Waals surface area contributed by atoms with Crippen LogP contribution in [0.25, 0.3) is 0 Å². The van der Waals surface area contributed by atoms with Crippen molar-refractivity contribution in [3.63, 3.8) is 0 Å². The fourth-order valence-corrected chi connectivity index (χ4v) is 7.26. The molecule has 0 amide bonds. The number of hydrogen-bond acceptors (Lipinski definition) is 6. The van der Waals surface area contributed by atoms with E-state index in [-0.39, 0.29) is 13.2 Å². The highest BCUT2D eigenvalue weighted by Crippen LogP contribution is 2.53. The first-order valence-electron chi connectivity index (χ1n) is 6.39. The Morgan fingerprint density at radius 3 is 1.74 bits per heavy atom. The molecule has 0 heterocycles. The van der Waals surface area contributed by atoms with Crippen LogP contribution in [-0.4, -0.2) is 33.0 Å². The van der Waals surface area contributed by atoms with Crippen molar-refractivity contribution in [3.05, 3.63) is 0 Å². The molecule has 0 bridgehead atoms. The monoisotopic (exact) mass is 310 g/mol. The van der Waals surface area contributed by atoms with Gasteiger partial charge in [-0.05, 0) is 33.0 Å². The van der Waals surface area contributed by atoms with E-state index in [0.717, 1.165) is 6.42 Å². The summed E-state index contributed by atoms with van der Waals surface area (Å²) >= 11 is 0. The van der Waals surface area contributed by atoms with Crippen LogP contribution < -0.4 is 0 Å². The highest BCUT2D eigenvalue weighted by atomic mass is 31.2. The fourth-order valence-electron chi connectivity index (χ4n) is 1.56. The van der Waals surface area contributed by atoms with Gasteiger partial charge in [0.2, 0.25) is 0 Å². The molecule has 0 N–H and O–H groups in total. The zero-order valence-electron chi connectivity index (χ0n) is 12.2. The van der Waals surface area contributed by atoms with Gasteiger partial charge in [0.1, 0.15) is 0 Å². The normalized spacial score (nSPS) is 12.1. The lowest BCUT2D eigenvalue weighted by Gasteiger charge is -2.26. The Morgan fingerprint density at radius 2 is 1.42 bits per heavy atom. The molecule has 19 heavy (non-hydrogen) atoms. The van der Waals surface area contributed by atoms with Crippen molar-refractivity contribution in [2.24, 2.45) is 0 Å². The molecule has 0 radical (unpaired) electrons. The largest absolute Gasteiger partial charge is 0.458 e. The Labute approximate surface area is 115 Å². The molecular formula is C11H23O6PSi. The number of carbonyl (C=O) groups is 2. The summed E-state index contributed by atoms with van der Waals surface area (Å²) in [6, 6.07) is 0.690. The average Bonchev–Trinajstić information content (AvgIpc) is 2.28. The molecule has 0 spiro atoms. The molecule has 0 aromatic carbocycles. The van der Waals surface area contributed by atoms with E-state index in [9.17, 15) is 14.2 Å². The summed E-state index contributed by atoms with van der Waals surface area (Å²) in [5.41, 5.74) is -2.24. The van der Waals surface area contributed by atoms with Gasteiger partial charge < -0.3 is 13.7 Å². The van der Waals surface area contributed by atoms with Crippen molar-refractivity contribution in [2.45, 2.75) is 46.3 Å². The molecule has 8 heteroatoms. The Kier molecular flexibility index (Phi) is 7.55. The molecule has 0 aromatic rings. The van der Waals surface area contributed by atoms with E-state index < -0.39 is 27.1 Å².